The van der Waals surface area contributed by atoms with Gasteiger partial charge in [-0.25, -0.2) is 0 Å². The highest BCUT2D eigenvalue weighted by molar-refractivity contribution is 6.12. The number of hydrogen-bond donors (Lipinski definition) is 0. The van der Waals surface area contributed by atoms with Crippen molar-refractivity contribution in [3.05, 3.63) is 44.2 Å². The second kappa shape index (κ2) is 3.82. The van der Waals surface area contributed by atoms with Gasteiger partial charge in [-0.1, -0.05) is 19.4 Å². The third-order valence-electron chi connectivity index (χ3n) is 3.89. The first-order valence-electron chi connectivity index (χ1n) is 6.69. The van der Waals surface area contributed by atoms with Crippen LogP contribution in [0.3, 0.4) is 0 Å². The summed E-state index contributed by atoms with van der Waals surface area (Å²) >= 11 is 0. The Morgan fingerprint density at radius 1 is 1.00 bits per heavy atom. The molecule has 0 radical (unpaired) electrons. The predicted molar refractivity (Wildman–Crippen MR) is 76.5 cm³/mol. The topological polar surface area (TPSA) is 52.6 Å². The molecule has 4 rings (SSSR count). The number of aryl methyl sites for hydroxylation is 1. The molecule has 4 heteroatoms. The summed E-state index contributed by atoms with van der Waals surface area (Å²) in [5.41, 5.74) is 0.211. The minimum atomic E-state index is -0.387. The summed E-state index contributed by atoms with van der Waals surface area (Å²) in [7, 11) is 0. The first-order chi connectivity index (χ1) is 9.70. The van der Waals surface area contributed by atoms with E-state index in [0.29, 0.717) is 22.3 Å². The highest BCUT2D eigenvalue weighted by atomic mass is 16.7. The van der Waals surface area contributed by atoms with Gasteiger partial charge in [0.25, 0.3) is 0 Å². The fourth-order valence-corrected chi connectivity index (χ4v) is 2.97. The van der Waals surface area contributed by atoms with Gasteiger partial charge < -0.3 is 9.47 Å². The molecule has 20 heavy (non-hydrogen) atoms. The first-order valence-corrected chi connectivity index (χ1v) is 6.69. The van der Waals surface area contributed by atoms with Gasteiger partial charge >= 0.3 is 0 Å². The Kier molecular flexibility index (Phi) is 2.19. The first kappa shape index (κ1) is 11.5. The van der Waals surface area contributed by atoms with Crippen molar-refractivity contribution in [1.29, 1.82) is 0 Å². The van der Waals surface area contributed by atoms with Crippen molar-refractivity contribution < 1.29 is 9.47 Å². The Hall–Kier alpha value is -2.36. The fraction of sp³-hybridized carbons (Fsp3) is 0.250. The molecule has 0 atom stereocenters. The molecule has 0 aromatic heterocycles. The summed E-state index contributed by atoms with van der Waals surface area (Å²) in [6.07, 6.45) is 1.73. The zero-order valence-electron chi connectivity index (χ0n) is 11.0. The van der Waals surface area contributed by atoms with E-state index in [4.69, 9.17) is 9.47 Å². The van der Waals surface area contributed by atoms with Crippen molar-refractivity contribution in [1.82, 2.24) is 0 Å². The third kappa shape index (κ3) is 1.31. The Morgan fingerprint density at radius 3 is 2.45 bits per heavy atom. The molecule has 0 amide bonds. The van der Waals surface area contributed by atoms with E-state index < -0.39 is 0 Å². The minimum Gasteiger partial charge on any atom is -0.454 e. The molecule has 0 unspecified atom stereocenters. The van der Waals surface area contributed by atoms with Crippen LogP contribution >= 0.6 is 0 Å². The molecule has 1 aliphatic heterocycles. The molecule has 1 aliphatic rings. The van der Waals surface area contributed by atoms with Crippen LogP contribution < -0.4 is 20.3 Å². The van der Waals surface area contributed by atoms with Crippen LogP contribution in [0, 0.1) is 0 Å². The number of ether oxygens (including phenoxy) is 2. The van der Waals surface area contributed by atoms with Crippen LogP contribution in [0.5, 0.6) is 11.5 Å². The molecule has 0 N–H and O–H groups in total. The van der Waals surface area contributed by atoms with E-state index in [2.05, 4.69) is 6.92 Å². The Morgan fingerprint density at radius 2 is 1.70 bits per heavy atom. The highest BCUT2D eigenvalue weighted by Gasteiger charge is 2.22. The van der Waals surface area contributed by atoms with Crippen LogP contribution in [0.1, 0.15) is 18.9 Å². The summed E-state index contributed by atoms with van der Waals surface area (Å²) in [5, 5.41) is 2.86. The van der Waals surface area contributed by atoms with Crippen molar-refractivity contribution in [2.45, 2.75) is 19.8 Å². The zero-order chi connectivity index (χ0) is 13.9. The van der Waals surface area contributed by atoms with Gasteiger partial charge in [0.2, 0.25) is 17.7 Å². The van der Waals surface area contributed by atoms with Gasteiger partial charge in [0.05, 0.1) is 0 Å². The van der Waals surface area contributed by atoms with E-state index in [0.717, 1.165) is 29.2 Å². The average molecular weight is 268 g/mol. The smallest absolute Gasteiger partial charge is 0.234 e. The molecule has 0 fully saturated rings. The summed E-state index contributed by atoms with van der Waals surface area (Å²) in [6, 6.07) is 5.67. The van der Waals surface area contributed by atoms with E-state index in [1.807, 2.05) is 12.1 Å². The number of rotatable bonds is 2. The largest absolute Gasteiger partial charge is 0.454 e. The predicted octanol–water partition coefficient (Wildman–Crippen LogP) is 2.27. The maximum Gasteiger partial charge on any atom is 0.234 e. The molecular formula is C16H12O4. The SMILES string of the molecule is CCCc1cc2cc3c(cc2c2c(=O)c(=O)c12)OCO3. The Labute approximate surface area is 114 Å². The molecule has 0 bridgehead atoms. The molecule has 1 heterocycles. The quantitative estimate of drug-likeness (QED) is 0.669. The number of fused-ring (bicyclic) bond motifs is 4. The van der Waals surface area contributed by atoms with E-state index in [-0.39, 0.29) is 17.7 Å². The number of hydrogen-bond acceptors (Lipinski definition) is 4. The molecule has 100 valence electrons. The van der Waals surface area contributed by atoms with Crippen LogP contribution in [0.15, 0.2) is 27.8 Å². The third-order valence-corrected chi connectivity index (χ3v) is 3.89. The van der Waals surface area contributed by atoms with Crippen LogP contribution in [-0.4, -0.2) is 6.79 Å². The average Bonchev–Trinajstić information content (AvgIpc) is 2.90. The van der Waals surface area contributed by atoms with Crippen LogP contribution in [-0.2, 0) is 6.42 Å². The molecule has 3 aromatic carbocycles. The molecule has 4 nitrogen and oxygen atoms in total. The lowest BCUT2D eigenvalue weighted by molar-refractivity contribution is 0.174. The van der Waals surface area contributed by atoms with Gasteiger partial charge in [0.1, 0.15) is 0 Å². The van der Waals surface area contributed by atoms with Gasteiger partial charge in [-0.3, -0.25) is 9.59 Å². The van der Waals surface area contributed by atoms with Crippen LogP contribution in [0.25, 0.3) is 21.5 Å². The molecule has 0 saturated heterocycles. The van der Waals surface area contributed by atoms with E-state index in [1.54, 1.807) is 6.07 Å². The lowest BCUT2D eigenvalue weighted by Crippen LogP contribution is -2.31. The molecule has 0 saturated carbocycles. The highest BCUT2D eigenvalue weighted by Crippen LogP contribution is 2.38. The van der Waals surface area contributed by atoms with Crippen LogP contribution in [0.2, 0.25) is 0 Å². The van der Waals surface area contributed by atoms with Gasteiger partial charge in [0, 0.05) is 10.8 Å². The van der Waals surface area contributed by atoms with Crippen molar-refractivity contribution >= 4 is 21.5 Å². The maximum atomic E-state index is 11.9. The van der Waals surface area contributed by atoms with Gasteiger partial charge in [0.15, 0.2) is 11.5 Å². The Bertz CT molecular complexity index is 929. The monoisotopic (exact) mass is 268 g/mol. The summed E-state index contributed by atoms with van der Waals surface area (Å²) < 4.78 is 10.7. The van der Waals surface area contributed by atoms with Crippen LogP contribution in [0.4, 0.5) is 0 Å². The molecule has 0 aliphatic carbocycles. The summed E-state index contributed by atoms with van der Waals surface area (Å²) in [6.45, 7) is 2.25. The van der Waals surface area contributed by atoms with Gasteiger partial charge in [-0.05, 0) is 34.9 Å². The van der Waals surface area contributed by atoms with E-state index in [9.17, 15) is 9.59 Å². The molecular weight excluding hydrogens is 256 g/mol. The zero-order valence-corrected chi connectivity index (χ0v) is 11.0. The second-order valence-corrected chi connectivity index (χ2v) is 5.12. The normalized spacial score (nSPS) is 13.7. The maximum absolute atomic E-state index is 11.9. The summed E-state index contributed by atoms with van der Waals surface area (Å²) in [5.74, 6) is 1.33. The standard InChI is InChI=1S/C16H12O4/c1-2-3-8-4-9-5-11-12(20-7-19-11)6-10(9)14-13(8)15(17)16(14)18/h4-6H,2-3,7H2,1H3. The van der Waals surface area contributed by atoms with Gasteiger partial charge in [-0.2, -0.15) is 0 Å². The minimum absolute atomic E-state index is 0.197. The fourth-order valence-electron chi connectivity index (χ4n) is 2.97. The van der Waals surface area contributed by atoms with Crippen molar-refractivity contribution in [2.24, 2.45) is 0 Å². The molecule has 3 aromatic rings. The van der Waals surface area contributed by atoms with Crippen molar-refractivity contribution in [3.8, 4) is 11.5 Å². The Balaban J connectivity index is 2.15. The lowest BCUT2D eigenvalue weighted by Gasteiger charge is -2.11. The van der Waals surface area contributed by atoms with E-state index >= 15 is 0 Å². The van der Waals surface area contributed by atoms with E-state index in [1.165, 1.54) is 0 Å². The van der Waals surface area contributed by atoms with Crippen molar-refractivity contribution in [3.63, 3.8) is 0 Å². The number of benzene rings is 2. The second-order valence-electron chi connectivity index (χ2n) is 5.12. The molecule has 0 spiro atoms. The van der Waals surface area contributed by atoms with Crippen molar-refractivity contribution in [2.75, 3.05) is 6.79 Å². The lowest BCUT2D eigenvalue weighted by atomic mass is 9.91. The van der Waals surface area contributed by atoms with Gasteiger partial charge in [-0.15, -0.1) is 0 Å². The summed E-state index contributed by atoms with van der Waals surface area (Å²) in [4.78, 5) is 23.7.